The average Bonchev–Trinajstić information content (AvgIpc) is 2.60. The third kappa shape index (κ3) is 4.43. The summed E-state index contributed by atoms with van der Waals surface area (Å²) in [5.41, 5.74) is 2.11. The van der Waals surface area contributed by atoms with Gasteiger partial charge in [-0.1, -0.05) is 29.1 Å². The van der Waals surface area contributed by atoms with Gasteiger partial charge in [0.15, 0.2) is 0 Å². The number of benzene rings is 1. The smallest absolute Gasteiger partial charge is 0.141 e. The highest BCUT2D eigenvalue weighted by Crippen LogP contribution is 2.35. The van der Waals surface area contributed by atoms with Crippen LogP contribution < -0.4 is 0 Å². The number of aliphatic hydroxyl groups is 1. The van der Waals surface area contributed by atoms with E-state index in [1.54, 1.807) is 6.21 Å². The van der Waals surface area contributed by atoms with Crippen LogP contribution >= 0.6 is 12.4 Å². The Morgan fingerprint density at radius 2 is 2.20 bits per heavy atom. The Balaban J connectivity index is 0.00000225. The van der Waals surface area contributed by atoms with Crippen molar-refractivity contribution in [3.05, 3.63) is 47.5 Å². The van der Waals surface area contributed by atoms with Gasteiger partial charge >= 0.3 is 0 Å². The van der Waals surface area contributed by atoms with Crippen LogP contribution in [0.3, 0.4) is 0 Å². The predicted octanol–water partition coefficient (Wildman–Crippen LogP) is 2.63. The molecule has 134 valence electrons. The monoisotopic (exact) mass is 360 g/mol. The summed E-state index contributed by atoms with van der Waals surface area (Å²) in [7, 11) is 1.52. The fraction of sp³-hybridized carbons (Fsp3) is 0.450. The lowest BCUT2D eigenvalue weighted by Gasteiger charge is -2.47. The Morgan fingerprint density at radius 3 is 2.80 bits per heavy atom. The molecule has 1 aromatic rings. The van der Waals surface area contributed by atoms with Crippen LogP contribution in [-0.2, 0) is 11.3 Å². The van der Waals surface area contributed by atoms with E-state index < -0.39 is 5.60 Å². The molecule has 1 atom stereocenters. The number of allylic oxidation sites excluding steroid dienone is 1. The maximum absolute atomic E-state index is 10.9. The quantitative estimate of drug-likeness (QED) is 0.388. The van der Waals surface area contributed by atoms with Gasteiger partial charge in [0.2, 0.25) is 0 Å². The molecular weight excluding hydrogens is 336 g/mol. The van der Waals surface area contributed by atoms with Gasteiger partial charge in [0.25, 0.3) is 0 Å². The second-order valence-electron chi connectivity index (χ2n) is 6.55. The molecule has 5 heteroatoms. The number of rotatable bonds is 4. The molecule has 3 saturated heterocycles. The van der Waals surface area contributed by atoms with Crippen LogP contribution in [0.25, 0.3) is 0 Å². The van der Waals surface area contributed by atoms with Gasteiger partial charge < -0.3 is 9.94 Å². The van der Waals surface area contributed by atoms with E-state index in [0.717, 1.165) is 49.0 Å². The summed E-state index contributed by atoms with van der Waals surface area (Å²) in [5.74, 6) is 6.70. The van der Waals surface area contributed by atoms with Crippen molar-refractivity contribution >= 4 is 18.6 Å². The zero-order chi connectivity index (χ0) is 17.0. The number of piperidine rings is 3. The molecule has 3 fully saturated rings. The third-order valence-electron chi connectivity index (χ3n) is 4.94. The SMILES string of the molecule is C=CCc1cc(/C=N/OC)ccc1C#CC1(O)CN2CCC1CC2.Cl. The van der Waals surface area contributed by atoms with Gasteiger partial charge in [-0.25, -0.2) is 0 Å². The van der Waals surface area contributed by atoms with Gasteiger partial charge in [0.1, 0.15) is 12.7 Å². The Labute approximate surface area is 156 Å². The molecule has 3 aliphatic rings. The molecule has 0 aromatic heterocycles. The average molecular weight is 361 g/mol. The van der Waals surface area contributed by atoms with E-state index in [-0.39, 0.29) is 12.4 Å². The van der Waals surface area contributed by atoms with Crippen molar-refractivity contribution in [2.24, 2.45) is 11.1 Å². The predicted molar refractivity (Wildman–Crippen MR) is 103 cm³/mol. The molecule has 2 bridgehead atoms. The van der Waals surface area contributed by atoms with Crippen molar-refractivity contribution in [3.63, 3.8) is 0 Å². The van der Waals surface area contributed by atoms with E-state index in [2.05, 4.69) is 28.5 Å². The highest BCUT2D eigenvalue weighted by Gasteiger charge is 2.44. The number of fused-ring (bicyclic) bond motifs is 3. The first-order chi connectivity index (χ1) is 11.6. The standard InChI is InChI=1S/C20H24N2O2.ClH/c1-3-4-18-13-16(14-21-24-2)5-6-17(18)7-10-20(23)15-22-11-8-19(20)9-12-22;/h3,5-6,13-14,19,23H,1,4,8-9,11-12,15H2,2H3;1H/b21-14+;. The van der Waals surface area contributed by atoms with Crippen LogP contribution in [0.2, 0.25) is 0 Å². The van der Waals surface area contributed by atoms with Crippen molar-refractivity contribution in [2.75, 3.05) is 26.7 Å². The van der Waals surface area contributed by atoms with Crippen molar-refractivity contribution < 1.29 is 9.94 Å². The summed E-state index contributed by atoms with van der Waals surface area (Å²) in [5, 5.41) is 14.7. The van der Waals surface area contributed by atoms with E-state index in [4.69, 9.17) is 4.84 Å². The molecule has 4 rings (SSSR count). The first-order valence-electron chi connectivity index (χ1n) is 8.43. The fourth-order valence-corrected chi connectivity index (χ4v) is 3.61. The third-order valence-corrected chi connectivity index (χ3v) is 4.94. The van der Waals surface area contributed by atoms with Crippen LogP contribution in [0.1, 0.15) is 29.5 Å². The molecule has 25 heavy (non-hydrogen) atoms. The van der Waals surface area contributed by atoms with Crippen LogP contribution in [0, 0.1) is 17.8 Å². The number of halogens is 1. The summed E-state index contributed by atoms with van der Waals surface area (Å²) in [6, 6.07) is 5.97. The molecule has 1 N–H and O–H groups in total. The zero-order valence-corrected chi connectivity index (χ0v) is 15.4. The number of hydrogen-bond acceptors (Lipinski definition) is 4. The van der Waals surface area contributed by atoms with Crippen LogP contribution in [0.5, 0.6) is 0 Å². The minimum absolute atomic E-state index is 0. The molecule has 0 amide bonds. The molecule has 4 nitrogen and oxygen atoms in total. The number of nitrogens with zero attached hydrogens (tertiary/aromatic N) is 2. The van der Waals surface area contributed by atoms with Crippen LogP contribution in [0.4, 0.5) is 0 Å². The molecule has 0 saturated carbocycles. The fourth-order valence-electron chi connectivity index (χ4n) is 3.61. The van der Waals surface area contributed by atoms with E-state index in [1.807, 2.05) is 24.3 Å². The number of hydrogen-bond donors (Lipinski definition) is 1. The molecule has 1 unspecified atom stereocenters. The van der Waals surface area contributed by atoms with E-state index in [0.29, 0.717) is 12.5 Å². The molecule has 3 heterocycles. The van der Waals surface area contributed by atoms with Crippen molar-refractivity contribution in [1.29, 1.82) is 0 Å². The lowest BCUT2D eigenvalue weighted by molar-refractivity contribution is -0.0713. The first kappa shape index (κ1) is 19.5. The minimum atomic E-state index is -0.877. The Kier molecular flexibility index (Phi) is 6.66. The summed E-state index contributed by atoms with van der Waals surface area (Å²) in [6.07, 6.45) is 6.34. The molecule has 0 spiro atoms. The second-order valence-corrected chi connectivity index (χ2v) is 6.55. The molecule has 3 aliphatic heterocycles. The van der Waals surface area contributed by atoms with Crippen molar-refractivity contribution in [1.82, 2.24) is 4.90 Å². The summed E-state index contributed by atoms with van der Waals surface area (Å²) < 4.78 is 0. The second kappa shape index (κ2) is 8.53. The maximum atomic E-state index is 10.9. The largest absolute Gasteiger partial charge is 0.399 e. The van der Waals surface area contributed by atoms with Gasteiger partial charge in [-0.3, -0.25) is 4.90 Å². The molecule has 0 aliphatic carbocycles. The Bertz CT molecular complexity index is 699. The van der Waals surface area contributed by atoms with E-state index in [1.165, 1.54) is 7.11 Å². The van der Waals surface area contributed by atoms with Crippen LogP contribution in [-0.4, -0.2) is 48.6 Å². The number of oxime groups is 1. The normalized spacial score (nSPS) is 27.3. The lowest BCUT2D eigenvalue weighted by atomic mass is 9.75. The highest BCUT2D eigenvalue weighted by molar-refractivity contribution is 5.85. The van der Waals surface area contributed by atoms with Gasteiger partial charge in [0.05, 0.1) is 6.21 Å². The topological polar surface area (TPSA) is 45.1 Å². The zero-order valence-electron chi connectivity index (χ0n) is 14.6. The Morgan fingerprint density at radius 1 is 1.44 bits per heavy atom. The van der Waals surface area contributed by atoms with Crippen molar-refractivity contribution in [3.8, 4) is 11.8 Å². The Hall–Kier alpha value is -1.80. The van der Waals surface area contributed by atoms with E-state index >= 15 is 0 Å². The summed E-state index contributed by atoms with van der Waals surface area (Å²) in [6.45, 7) is 6.66. The minimum Gasteiger partial charge on any atom is -0.399 e. The van der Waals surface area contributed by atoms with Crippen LogP contribution in [0.15, 0.2) is 36.0 Å². The summed E-state index contributed by atoms with van der Waals surface area (Å²) in [4.78, 5) is 7.04. The van der Waals surface area contributed by atoms with Gasteiger partial charge in [0, 0.05) is 18.0 Å². The summed E-state index contributed by atoms with van der Waals surface area (Å²) >= 11 is 0. The molecular formula is C20H25ClN2O2. The van der Waals surface area contributed by atoms with Crippen molar-refractivity contribution in [2.45, 2.75) is 24.9 Å². The molecule has 1 aromatic carbocycles. The van der Waals surface area contributed by atoms with Gasteiger partial charge in [-0.15, -0.1) is 19.0 Å². The highest BCUT2D eigenvalue weighted by atomic mass is 35.5. The molecule has 0 radical (unpaired) electrons. The van der Waals surface area contributed by atoms with Gasteiger partial charge in [-0.05, 0) is 55.6 Å². The lowest BCUT2D eigenvalue weighted by Crippen LogP contribution is -2.58. The maximum Gasteiger partial charge on any atom is 0.141 e. The first-order valence-corrected chi connectivity index (χ1v) is 8.43. The van der Waals surface area contributed by atoms with Gasteiger partial charge in [-0.2, -0.15) is 0 Å². The van der Waals surface area contributed by atoms with E-state index in [9.17, 15) is 5.11 Å².